The summed E-state index contributed by atoms with van der Waals surface area (Å²) < 4.78 is 3.04. The minimum atomic E-state index is 0.327. The summed E-state index contributed by atoms with van der Waals surface area (Å²) in [7, 11) is 0. The summed E-state index contributed by atoms with van der Waals surface area (Å²) in [6, 6.07) is 6.33. The van der Waals surface area contributed by atoms with Crippen LogP contribution in [0.3, 0.4) is 0 Å². The predicted molar refractivity (Wildman–Crippen MR) is 62.8 cm³/mol. The Morgan fingerprint density at radius 2 is 2.14 bits per heavy atom. The maximum Gasteiger partial charge on any atom is 0.204 e. The van der Waals surface area contributed by atoms with E-state index in [0.29, 0.717) is 11.3 Å². The van der Waals surface area contributed by atoms with Crippen molar-refractivity contribution in [2.75, 3.05) is 0 Å². The highest BCUT2D eigenvalue weighted by Crippen LogP contribution is 2.26. The van der Waals surface area contributed by atoms with E-state index in [1.54, 1.807) is 0 Å². The average molecular weight is 274 g/mol. The van der Waals surface area contributed by atoms with Crippen molar-refractivity contribution in [3.63, 3.8) is 0 Å². The van der Waals surface area contributed by atoms with Crippen molar-refractivity contribution >= 4 is 38.6 Å². The van der Waals surface area contributed by atoms with Gasteiger partial charge in [-0.2, -0.15) is 0 Å². The number of hydrogen-bond donors (Lipinski definition) is 0. The van der Waals surface area contributed by atoms with E-state index in [9.17, 15) is 0 Å². The molecule has 14 heavy (non-hydrogen) atoms. The van der Waals surface area contributed by atoms with Gasteiger partial charge in [-0.05, 0) is 43.6 Å². The first-order chi connectivity index (χ1) is 6.59. The molecule has 0 aliphatic heterocycles. The Bertz CT molecular complexity index is 476. The zero-order valence-electron chi connectivity index (χ0n) is 7.96. The lowest BCUT2D eigenvalue weighted by Gasteiger charge is -2.08. The Kier molecular flexibility index (Phi) is 2.54. The van der Waals surface area contributed by atoms with Crippen molar-refractivity contribution in [2.24, 2.45) is 0 Å². The third-order valence-corrected chi connectivity index (χ3v) is 2.88. The molecule has 0 N–H and O–H groups in total. The molecular formula is C10H10BrClN2. The predicted octanol–water partition coefficient (Wildman–Crippen LogP) is 4.03. The van der Waals surface area contributed by atoms with E-state index in [0.717, 1.165) is 15.5 Å². The molecule has 2 nitrogen and oxygen atoms in total. The monoisotopic (exact) mass is 272 g/mol. The SMILES string of the molecule is CC(C)n1c(Cl)nc2cc(Br)ccc21. The van der Waals surface area contributed by atoms with Crippen molar-refractivity contribution in [1.29, 1.82) is 0 Å². The summed E-state index contributed by atoms with van der Waals surface area (Å²) in [5.41, 5.74) is 2.01. The number of halogens is 2. The number of aromatic nitrogens is 2. The molecule has 0 amide bonds. The minimum Gasteiger partial charge on any atom is -0.312 e. The van der Waals surface area contributed by atoms with Gasteiger partial charge in [0.05, 0.1) is 11.0 Å². The Balaban J connectivity index is 2.77. The summed E-state index contributed by atoms with van der Waals surface area (Å²) in [4.78, 5) is 4.29. The molecule has 2 rings (SSSR count). The van der Waals surface area contributed by atoms with Gasteiger partial charge in [-0.25, -0.2) is 4.98 Å². The highest BCUT2D eigenvalue weighted by molar-refractivity contribution is 9.10. The molecular weight excluding hydrogens is 263 g/mol. The number of fused-ring (bicyclic) bond motifs is 1. The molecule has 0 saturated heterocycles. The molecule has 0 radical (unpaired) electrons. The van der Waals surface area contributed by atoms with Gasteiger partial charge in [-0.3, -0.25) is 0 Å². The van der Waals surface area contributed by atoms with Crippen LogP contribution in [0.4, 0.5) is 0 Å². The zero-order chi connectivity index (χ0) is 10.3. The molecule has 0 unspecified atom stereocenters. The standard InChI is InChI=1S/C10H10BrClN2/c1-6(2)14-9-4-3-7(11)5-8(9)13-10(14)12/h3-6H,1-2H3. The summed E-state index contributed by atoms with van der Waals surface area (Å²) in [5.74, 6) is 0. The first-order valence-electron chi connectivity index (χ1n) is 4.42. The Morgan fingerprint density at radius 3 is 2.79 bits per heavy atom. The molecule has 1 aromatic carbocycles. The zero-order valence-corrected chi connectivity index (χ0v) is 10.3. The molecule has 2 aromatic rings. The highest BCUT2D eigenvalue weighted by atomic mass is 79.9. The Hall–Kier alpha value is -0.540. The summed E-state index contributed by atoms with van der Waals surface area (Å²) in [6.07, 6.45) is 0. The van der Waals surface area contributed by atoms with Crippen LogP contribution in [0.1, 0.15) is 19.9 Å². The summed E-state index contributed by atoms with van der Waals surface area (Å²) >= 11 is 9.46. The Labute approximate surface area is 96.0 Å². The lowest BCUT2D eigenvalue weighted by atomic mass is 10.3. The number of rotatable bonds is 1. The number of nitrogens with zero attached hydrogens (tertiary/aromatic N) is 2. The molecule has 0 bridgehead atoms. The van der Waals surface area contributed by atoms with Gasteiger partial charge >= 0.3 is 0 Å². The molecule has 1 heterocycles. The first kappa shape index (κ1) is 9.99. The molecule has 4 heteroatoms. The van der Waals surface area contributed by atoms with Gasteiger partial charge in [-0.15, -0.1) is 0 Å². The number of imidazole rings is 1. The van der Waals surface area contributed by atoms with Crippen LogP contribution < -0.4 is 0 Å². The molecule has 0 fully saturated rings. The van der Waals surface area contributed by atoms with E-state index in [-0.39, 0.29) is 0 Å². The molecule has 0 atom stereocenters. The van der Waals surface area contributed by atoms with E-state index in [1.807, 2.05) is 22.8 Å². The highest BCUT2D eigenvalue weighted by Gasteiger charge is 2.10. The summed E-state index contributed by atoms with van der Waals surface area (Å²) in [5, 5.41) is 0.549. The van der Waals surface area contributed by atoms with Crippen LogP contribution in [0, 0.1) is 0 Å². The van der Waals surface area contributed by atoms with Crippen molar-refractivity contribution in [3.8, 4) is 0 Å². The second kappa shape index (κ2) is 3.55. The van der Waals surface area contributed by atoms with Crippen molar-refractivity contribution < 1.29 is 0 Å². The molecule has 1 aromatic heterocycles. The normalized spacial score (nSPS) is 11.5. The maximum absolute atomic E-state index is 6.05. The fourth-order valence-electron chi connectivity index (χ4n) is 1.53. The number of benzene rings is 1. The van der Waals surface area contributed by atoms with Crippen molar-refractivity contribution in [1.82, 2.24) is 9.55 Å². The second-order valence-electron chi connectivity index (χ2n) is 3.48. The van der Waals surface area contributed by atoms with E-state index in [1.165, 1.54) is 0 Å². The van der Waals surface area contributed by atoms with Gasteiger partial charge in [0.2, 0.25) is 5.28 Å². The van der Waals surface area contributed by atoms with E-state index in [4.69, 9.17) is 11.6 Å². The van der Waals surface area contributed by atoms with Gasteiger partial charge < -0.3 is 4.57 Å². The molecule has 0 spiro atoms. The van der Waals surface area contributed by atoms with E-state index in [2.05, 4.69) is 34.8 Å². The van der Waals surface area contributed by atoms with Crippen LogP contribution in [0.2, 0.25) is 5.28 Å². The topological polar surface area (TPSA) is 17.8 Å². The lowest BCUT2D eigenvalue weighted by Crippen LogP contribution is -1.99. The minimum absolute atomic E-state index is 0.327. The first-order valence-corrected chi connectivity index (χ1v) is 5.59. The van der Waals surface area contributed by atoms with Gasteiger partial charge in [0.1, 0.15) is 0 Å². The lowest BCUT2D eigenvalue weighted by molar-refractivity contribution is 0.618. The third-order valence-electron chi connectivity index (χ3n) is 2.12. The van der Waals surface area contributed by atoms with Gasteiger partial charge in [0.15, 0.2) is 0 Å². The number of hydrogen-bond acceptors (Lipinski definition) is 1. The van der Waals surface area contributed by atoms with Crippen LogP contribution in [0.15, 0.2) is 22.7 Å². The Morgan fingerprint density at radius 1 is 1.43 bits per heavy atom. The van der Waals surface area contributed by atoms with Crippen LogP contribution in [-0.4, -0.2) is 9.55 Å². The van der Waals surface area contributed by atoms with Gasteiger partial charge in [0.25, 0.3) is 0 Å². The van der Waals surface area contributed by atoms with Crippen molar-refractivity contribution in [2.45, 2.75) is 19.9 Å². The van der Waals surface area contributed by atoms with Crippen LogP contribution in [0.5, 0.6) is 0 Å². The molecule has 0 aliphatic carbocycles. The van der Waals surface area contributed by atoms with Crippen molar-refractivity contribution in [3.05, 3.63) is 28.0 Å². The van der Waals surface area contributed by atoms with Crippen LogP contribution >= 0.6 is 27.5 Å². The van der Waals surface area contributed by atoms with Gasteiger partial charge in [-0.1, -0.05) is 15.9 Å². The van der Waals surface area contributed by atoms with Crippen LogP contribution in [0.25, 0.3) is 11.0 Å². The maximum atomic E-state index is 6.05. The third kappa shape index (κ3) is 1.55. The fraction of sp³-hybridized carbons (Fsp3) is 0.300. The smallest absolute Gasteiger partial charge is 0.204 e. The fourth-order valence-corrected chi connectivity index (χ4v) is 2.26. The molecule has 0 aliphatic rings. The van der Waals surface area contributed by atoms with Gasteiger partial charge in [0, 0.05) is 10.5 Å². The average Bonchev–Trinajstić information content (AvgIpc) is 2.39. The van der Waals surface area contributed by atoms with Crippen LogP contribution in [-0.2, 0) is 0 Å². The van der Waals surface area contributed by atoms with E-state index >= 15 is 0 Å². The molecule has 74 valence electrons. The largest absolute Gasteiger partial charge is 0.312 e. The molecule has 0 saturated carbocycles. The van der Waals surface area contributed by atoms with E-state index < -0.39 is 0 Å². The summed E-state index contributed by atoms with van der Waals surface area (Å²) in [6.45, 7) is 4.18. The quantitative estimate of drug-likeness (QED) is 0.767. The second-order valence-corrected chi connectivity index (χ2v) is 4.73.